The molecule has 0 unspecified atom stereocenters. The van der Waals surface area contributed by atoms with E-state index in [2.05, 4.69) is 10.6 Å². The van der Waals surface area contributed by atoms with Crippen molar-refractivity contribution in [2.75, 3.05) is 26.7 Å². The maximum absolute atomic E-state index is 12.5. The SMILES string of the molecule is CNC(=O)[C@H]1CCN(C(=O)CNC(=O)/C=C/c2ccc(C(F)(F)F)cc2)C1. The van der Waals surface area contributed by atoms with Crippen LogP contribution in [0.2, 0.25) is 0 Å². The standard InChI is InChI=1S/C18H20F3N3O3/c1-22-17(27)13-8-9-24(11-13)16(26)10-23-15(25)7-4-12-2-5-14(6-3-12)18(19,20)21/h2-7,13H,8-11H2,1H3,(H,22,27)(H,23,25)/b7-4+/t13-/m0/s1. The Morgan fingerprint density at radius 3 is 2.48 bits per heavy atom. The molecule has 0 aromatic heterocycles. The quantitative estimate of drug-likeness (QED) is 0.755. The van der Waals surface area contributed by atoms with Crippen molar-refractivity contribution in [1.82, 2.24) is 15.5 Å². The molecular weight excluding hydrogens is 363 g/mol. The molecule has 1 saturated heterocycles. The van der Waals surface area contributed by atoms with Gasteiger partial charge in [0.1, 0.15) is 0 Å². The van der Waals surface area contributed by atoms with Crippen molar-refractivity contribution < 1.29 is 27.6 Å². The molecule has 1 atom stereocenters. The molecule has 146 valence electrons. The molecule has 0 aliphatic carbocycles. The van der Waals surface area contributed by atoms with E-state index in [1.54, 1.807) is 0 Å². The fraction of sp³-hybridized carbons (Fsp3) is 0.389. The van der Waals surface area contributed by atoms with Gasteiger partial charge in [-0.25, -0.2) is 0 Å². The van der Waals surface area contributed by atoms with Crippen molar-refractivity contribution in [3.63, 3.8) is 0 Å². The van der Waals surface area contributed by atoms with Gasteiger partial charge >= 0.3 is 6.18 Å². The van der Waals surface area contributed by atoms with Crippen LogP contribution in [0.25, 0.3) is 6.08 Å². The van der Waals surface area contributed by atoms with Crippen molar-refractivity contribution in [3.05, 3.63) is 41.5 Å². The first-order valence-electron chi connectivity index (χ1n) is 8.33. The summed E-state index contributed by atoms with van der Waals surface area (Å²) in [5.74, 6) is -1.19. The highest BCUT2D eigenvalue weighted by atomic mass is 19.4. The Morgan fingerprint density at radius 2 is 1.89 bits per heavy atom. The number of benzene rings is 1. The lowest BCUT2D eigenvalue weighted by Crippen LogP contribution is -2.39. The number of halogens is 3. The molecule has 27 heavy (non-hydrogen) atoms. The Balaban J connectivity index is 1.80. The molecule has 9 heteroatoms. The van der Waals surface area contributed by atoms with Crippen LogP contribution in [0.5, 0.6) is 0 Å². The minimum Gasteiger partial charge on any atom is -0.359 e. The number of carbonyl (C=O) groups is 3. The zero-order valence-electron chi connectivity index (χ0n) is 14.7. The number of rotatable bonds is 5. The highest BCUT2D eigenvalue weighted by Gasteiger charge is 2.30. The van der Waals surface area contributed by atoms with Gasteiger partial charge in [-0.2, -0.15) is 13.2 Å². The summed E-state index contributed by atoms with van der Waals surface area (Å²) in [4.78, 5) is 36.9. The second kappa shape index (κ2) is 8.70. The van der Waals surface area contributed by atoms with E-state index >= 15 is 0 Å². The molecule has 1 aliphatic heterocycles. The molecule has 2 rings (SSSR count). The summed E-state index contributed by atoms with van der Waals surface area (Å²) >= 11 is 0. The molecule has 1 aliphatic rings. The van der Waals surface area contributed by atoms with Crippen molar-refractivity contribution in [3.8, 4) is 0 Å². The minimum absolute atomic E-state index is 0.117. The van der Waals surface area contributed by atoms with E-state index in [0.29, 0.717) is 25.1 Å². The van der Waals surface area contributed by atoms with Gasteiger partial charge in [0.15, 0.2) is 0 Å². The van der Waals surface area contributed by atoms with E-state index in [1.807, 2.05) is 0 Å². The number of nitrogens with one attached hydrogen (secondary N) is 2. The molecule has 0 spiro atoms. The lowest BCUT2D eigenvalue weighted by atomic mass is 10.1. The third-order valence-electron chi connectivity index (χ3n) is 4.24. The Hall–Kier alpha value is -2.84. The van der Waals surface area contributed by atoms with E-state index in [1.165, 1.54) is 30.2 Å². The molecule has 1 fully saturated rings. The number of carbonyl (C=O) groups excluding carboxylic acids is 3. The van der Waals surface area contributed by atoms with Crippen LogP contribution in [0.3, 0.4) is 0 Å². The van der Waals surface area contributed by atoms with Crippen LogP contribution in [0.1, 0.15) is 17.5 Å². The number of nitrogens with zero attached hydrogens (tertiary/aromatic N) is 1. The van der Waals surface area contributed by atoms with Crippen LogP contribution in [0.15, 0.2) is 30.3 Å². The van der Waals surface area contributed by atoms with Crippen molar-refractivity contribution >= 4 is 23.8 Å². The largest absolute Gasteiger partial charge is 0.416 e. The summed E-state index contributed by atoms with van der Waals surface area (Å²) in [7, 11) is 1.54. The predicted molar refractivity (Wildman–Crippen MR) is 92.2 cm³/mol. The summed E-state index contributed by atoms with van der Waals surface area (Å²) in [5.41, 5.74) is -0.340. The van der Waals surface area contributed by atoms with Crippen molar-refractivity contribution in [2.45, 2.75) is 12.6 Å². The van der Waals surface area contributed by atoms with Crippen LogP contribution < -0.4 is 10.6 Å². The third-order valence-corrected chi connectivity index (χ3v) is 4.24. The lowest BCUT2D eigenvalue weighted by Gasteiger charge is -2.16. The van der Waals surface area contributed by atoms with E-state index in [0.717, 1.165) is 18.2 Å². The minimum atomic E-state index is -4.41. The van der Waals surface area contributed by atoms with Gasteiger partial charge in [-0.3, -0.25) is 14.4 Å². The van der Waals surface area contributed by atoms with Crippen molar-refractivity contribution in [1.29, 1.82) is 0 Å². The van der Waals surface area contributed by atoms with Gasteiger partial charge in [0.05, 0.1) is 18.0 Å². The van der Waals surface area contributed by atoms with Crippen LogP contribution in [-0.4, -0.2) is 49.3 Å². The third kappa shape index (κ3) is 5.83. The zero-order chi connectivity index (χ0) is 20.0. The average molecular weight is 383 g/mol. The summed E-state index contributed by atoms with van der Waals surface area (Å²) in [6.07, 6.45) is -1.33. The summed E-state index contributed by atoms with van der Waals surface area (Å²) in [6, 6.07) is 4.36. The summed E-state index contributed by atoms with van der Waals surface area (Å²) < 4.78 is 37.5. The van der Waals surface area contributed by atoms with E-state index in [-0.39, 0.29) is 24.3 Å². The second-order valence-electron chi connectivity index (χ2n) is 6.11. The molecule has 6 nitrogen and oxygen atoms in total. The topological polar surface area (TPSA) is 78.5 Å². The molecule has 0 bridgehead atoms. The molecule has 3 amide bonds. The first-order valence-corrected chi connectivity index (χ1v) is 8.33. The predicted octanol–water partition coefficient (Wildman–Crippen LogP) is 1.43. The highest BCUT2D eigenvalue weighted by Crippen LogP contribution is 2.29. The number of amides is 3. The van der Waals surface area contributed by atoms with Gasteiger partial charge in [0.25, 0.3) is 0 Å². The lowest BCUT2D eigenvalue weighted by molar-refractivity contribution is -0.137. The molecule has 0 saturated carbocycles. The van der Waals surface area contributed by atoms with E-state index in [9.17, 15) is 27.6 Å². The second-order valence-corrected chi connectivity index (χ2v) is 6.11. The number of hydrogen-bond donors (Lipinski definition) is 2. The Kier molecular flexibility index (Phi) is 6.59. The Labute approximate surface area is 154 Å². The molecule has 0 radical (unpaired) electrons. The average Bonchev–Trinajstić information content (AvgIpc) is 3.13. The number of likely N-dealkylation sites (tertiary alicyclic amines) is 1. The maximum Gasteiger partial charge on any atom is 0.416 e. The first kappa shape index (κ1) is 20.5. The van der Waals surface area contributed by atoms with Crippen LogP contribution in [0.4, 0.5) is 13.2 Å². The van der Waals surface area contributed by atoms with Gasteiger partial charge < -0.3 is 15.5 Å². The Morgan fingerprint density at radius 1 is 1.22 bits per heavy atom. The van der Waals surface area contributed by atoms with Crippen molar-refractivity contribution in [2.24, 2.45) is 5.92 Å². The van der Waals surface area contributed by atoms with Crippen LogP contribution in [0, 0.1) is 5.92 Å². The molecule has 1 aromatic carbocycles. The monoisotopic (exact) mass is 383 g/mol. The van der Waals surface area contributed by atoms with E-state index in [4.69, 9.17) is 0 Å². The number of hydrogen-bond acceptors (Lipinski definition) is 3. The normalized spacial score (nSPS) is 17.2. The highest BCUT2D eigenvalue weighted by molar-refractivity contribution is 5.94. The molecule has 2 N–H and O–H groups in total. The fourth-order valence-electron chi connectivity index (χ4n) is 2.69. The molecular formula is C18H20F3N3O3. The van der Waals surface area contributed by atoms with Gasteiger partial charge in [0, 0.05) is 26.2 Å². The van der Waals surface area contributed by atoms with Gasteiger partial charge in [-0.05, 0) is 30.2 Å². The number of alkyl halides is 3. The van der Waals surface area contributed by atoms with Gasteiger partial charge in [-0.15, -0.1) is 0 Å². The molecule has 1 aromatic rings. The Bertz CT molecular complexity index is 730. The smallest absolute Gasteiger partial charge is 0.359 e. The van der Waals surface area contributed by atoms with Crippen LogP contribution >= 0.6 is 0 Å². The van der Waals surface area contributed by atoms with E-state index < -0.39 is 17.6 Å². The maximum atomic E-state index is 12.5. The van der Waals surface area contributed by atoms with Gasteiger partial charge in [0.2, 0.25) is 17.7 Å². The van der Waals surface area contributed by atoms with Crippen LogP contribution in [-0.2, 0) is 20.6 Å². The first-order chi connectivity index (χ1) is 12.7. The zero-order valence-corrected chi connectivity index (χ0v) is 14.7. The van der Waals surface area contributed by atoms with Gasteiger partial charge in [-0.1, -0.05) is 12.1 Å². The summed E-state index contributed by atoms with van der Waals surface area (Å²) in [6.45, 7) is 0.556. The molecule has 1 heterocycles. The fourth-order valence-corrected chi connectivity index (χ4v) is 2.69. The summed E-state index contributed by atoms with van der Waals surface area (Å²) in [5, 5.41) is 4.97.